The normalized spacial score (nSPS) is 15.9. The molecule has 1 saturated heterocycles. The summed E-state index contributed by atoms with van der Waals surface area (Å²) in [5.74, 6) is -1.34. The number of nitrogens with zero attached hydrogens (tertiary/aromatic N) is 1. The molecule has 10 heteroatoms. The fraction of sp³-hybridized carbons (Fsp3) is 0.235. The zero-order valence-corrected chi connectivity index (χ0v) is 16.4. The number of benzene rings is 1. The monoisotopic (exact) mass is 430 g/mol. The molecule has 1 N–H and O–H groups in total. The van der Waals surface area contributed by atoms with Crippen molar-refractivity contribution in [3.05, 3.63) is 51.4 Å². The molecule has 0 spiro atoms. The van der Waals surface area contributed by atoms with Gasteiger partial charge in [0.1, 0.15) is 10.7 Å². The number of hydrogen-bond acceptors (Lipinski definition) is 5. The fourth-order valence-electron chi connectivity index (χ4n) is 2.46. The predicted octanol–water partition coefficient (Wildman–Crippen LogP) is 3.21. The number of rotatable bonds is 5. The predicted molar refractivity (Wildman–Crippen MR) is 103 cm³/mol. The second-order valence-electron chi connectivity index (χ2n) is 5.63. The molecule has 0 radical (unpaired) electrons. The first-order chi connectivity index (χ1) is 12.9. The number of carbonyl (C=O) groups is 1. The van der Waals surface area contributed by atoms with Crippen molar-refractivity contribution in [3.63, 3.8) is 0 Å². The molecule has 144 valence electrons. The quantitative estimate of drug-likeness (QED) is 0.739. The van der Waals surface area contributed by atoms with Crippen molar-refractivity contribution in [3.8, 4) is 0 Å². The molecule has 0 bridgehead atoms. The Kier molecular flexibility index (Phi) is 6.28. The number of carbonyl (C=O) groups excluding carboxylic acids is 1. The Bertz CT molecular complexity index is 969. The van der Waals surface area contributed by atoms with E-state index in [-0.39, 0.29) is 32.0 Å². The van der Waals surface area contributed by atoms with Crippen LogP contribution in [0.15, 0.2) is 41.3 Å². The van der Waals surface area contributed by atoms with Gasteiger partial charge in [-0.2, -0.15) is 4.31 Å². The van der Waals surface area contributed by atoms with Gasteiger partial charge in [-0.15, -0.1) is 11.3 Å². The first-order valence-electron chi connectivity index (χ1n) is 7.98. The molecule has 1 aromatic heterocycles. The van der Waals surface area contributed by atoms with Gasteiger partial charge in [-0.1, -0.05) is 11.6 Å². The minimum Gasteiger partial charge on any atom is -0.379 e. The summed E-state index contributed by atoms with van der Waals surface area (Å²) in [6, 6.07) is 6.93. The zero-order valence-electron chi connectivity index (χ0n) is 14.0. The van der Waals surface area contributed by atoms with Crippen LogP contribution in [0.3, 0.4) is 0 Å². The second kappa shape index (κ2) is 8.49. The van der Waals surface area contributed by atoms with Crippen molar-refractivity contribution < 1.29 is 22.3 Å². The Hall–Kier alpha value is -1.78. The van der Waals surface area contributed by atoms with E-state index in [9.17, 15) is 17.6 Å². The summed E-state index contributed by atoms with van der Waals surface area (Å²) in [6.45, 7) is 0.832. The summed E-state index contributed by atoms with van der Waals surface area (Å²) in [5, 5.41) is 2.53. The van der Waals surface area contributed by atoms with E-state index in [2.05, 4.69) is 5.32 Å². The molecule has 1 aliphatic heterocycles. The van der Waals surface area contributed by atoms with Crippen LogP contribution in [-0.2, 0) is 19.6 Å². The number of hydrogen-bond donors (Lipinski definition) is 1. The van der Waals surface area contributed by atoms with E-state index in [0.29, 0.717) is 4.34 Å². The second-order valence-corrected chi connectivity index (χ2v) is 9.28. The standard InChI is InChI=1S/C17H16ClFN2O4S2/c18-16-5-2-13(26-16)3-6-17(22)20-12-1-4-14(19)15(11-12)27(23,24)21-7-9-25-10-8-21/h1-6,11H,7-10H2,(H,20,22)/b6-3+. The molecular weight excluding hydrogens is 415 g/mol. The summed E-state index contributed by atoms with van der Waals surface area (Å²) in [7, 11) is -4.01. The van der Waals surface area contributed by atoms with E-state index in [0.717, 1.165) is 17.0 Å². The van der Waals surface area contributed by atoms with E-state index in [1.165, 1.54) is 27.8 Å². The molecule has 0 saturated carbocycles. The summed E-state index contributed by atoms with van der Waals surface area (Å²) in [5.41, 5.74) is 0.182. The van der Waals surface area contributed by atoms with E-state index < -0.39 is 26.6 Å². The Morgan fingerprint density at radius 3 is 2.67 bits per heavy atom. The lowest BCUT2D eigenvalue weighted by atomic mass is 10.3. The van der Waals surface area contributed by atoms with Crippen LogP contribution in [0.25, 0.3) is 6.08 Å². The number of sulfonamides is 1. The lowest BCUT2D eigenvalue weighted by Gasteiger charge is -2.26. The highest BCUT2D eigenvalue weighted by molar-refractivity contribution is 7.89. The van der Waals surface area contributed by atoms with Crippen LogP contribution < -0.4 is 5.32 Å². The lowest BCUT2D eigenvalue weighted by molar-refractivity contribution is -0.111. The molecular formula is C17H16ClFN2O4S2. The smallest absolute Gasteiger partial charge is 0.248 e. The molecule has 0 unspecified atom stereocenters. The Labute approximate surface area is 165 Å². The van der Waals surface area contributed by atoms with Crippen LogP contribution >= 0.6 is 22.9 Å². The van der Waals surface area contributed by atoms with E-state index in [4.69, 9.17) is 16.3 Å². The first kappa shape index (κ1) is 20.0. The topological polar surface area (TPSA) is 75.7 Å². The van der Waals surface area contributed by atoms with Crippen molar-refractivity contribution >= 4 is 50.6 Å². The average molecular weight is 431 g/mol. The van der Waals surface area contributed by atoms with Gasteiger partial charge in [0.05, 0.1) is 17.6 Å². The average Bonchev–Trinajstić information content (AvgIpc) is 3.07. The van der Waals surface area contributed by atoms with Crippen molar-refractivity contribution in [2.24, 2.45) is 0 Å². The van der Waals surface area contributed by atoms with Gasteiger partial charge in [-0.25, -0.2) is 12.8 Å². The molecule has 1 aliphatic rings. The largest absolute Gasteiger partial charge is 0.379 e. The highest BCUT2D eigenvalue weighted by Crippen LogP contribution is 2.24. The number of morpholine rings is 1. The van der Waals surface area contributed by atoms with Crippen molar-refractivity contribution in [2.45, 2.75) is 4.90 Å². The van der Waals surface area contributed by atoms with Crippen LogP contribution in [0.1, 0.15) is 4.88 Å². The van der Waals surface area contributed by atoms with Gasteiger partial charge in [0, 0.05) is 29.7 Å². The van der Waals surface area contributed by atoms with Crippen LogP contribution in [0.2, 0.25) is 4.34 Å². The fourth-order valence-corrected chi connectivity index (χ4v) is 4.93. The number of amides is 1. The van der Waals surface area contributed by atoms with Gasteiger partial charge in [0.2, 0.25) is 15.9 Å². The Balaban J connectivity index is 1.76. The van der Waals surface area contributed by atoms with Crippen molar-refractivity contribution in [1.82, 2.24) is 4.31 Å². The minimum absolute atomic E-state index is 0.157. The van der Waals surface area contributed by atoms with Gasteiger partial charge < -0.3 is 10.1 Å². The summed E-state index contributed by atoms with van der Waals surface area (Å²) in [6.07, 6.45) is 2.88. The van der Waals surface area contributed by atoms with Crippen LogP contribution in [0, 0.1) is 5.82 Å². The Morgan fingerprint density at radius 1 is 1.26 bits per heavy atom. The maximum atomic E-state index is 14.2. The number of thiophene rings is 1. The number of halogens is 2. The minimum atomic E-state index is -4.01. The third-order valence-corrected chi connectivity index (χ3v) is 6.89. The molecule has 1 aromatic carbocycles. The van der Waals surface area contributed by atoms with Gasteiger partial charge in [0.25, 0.3) is 0 Å². The SMILES string of the molecule is O=C(/C=C/c1ccc(Cl)s1)Nc1ccc(F)c(S(=O)(=O)N2CCOCC2)c1. The number of nitrogens with one attached hydrogen (secondary N) is 1. The highest BCUT2D eigenvalue weighted by atomic mass is 35.5. The number of ether oxygens (including phenoxy) is 1. The first-order valence-corrected chi connectivity index (χ1v) is 10.6. The van der Waals surface area contributed by atoms with E-state index >= 15 is 0 Å². The molecule has 27 heavy (non-hydrogen) atoms. The lowest BCUT2D eigenvalue weighted by Crippen LogP contribution is -2.40. The maximum Gasteiger partial charge on any atom is 0.248 e. The van der Waals surface area contributed by atoms with Crippen LogP contribution in [0.5, 0.6) is 0 Å². The third kappa shape index (κ3) is 4.94. The molecule has 6 nitrogen and oxygen atoms in total. The number of anilines is 1. The van der Waals surface area contributed by atoms with Gasteiger partial charge in [0.15, 0.2) is 0 Å². The van der Waals surface area contributed by atoms with Gasteiger partial charge >= 0.3 is 0 Å². The van der Waals surface area contributed by atoms with E-state index in [1.807, 2.05) is 0 Å². The molecule has 3 rings (SSSR count). The van der Waals surface area contributed by atoms with Crippen LogP contribution in [0.4, 0.5) is 10.1 Å². The Morgan fingerprint density at radius 2 is 2.00 bits per heavy atom. The molecule has 0 atom stereocenters. The van der Waals surface area contributed by atoms with E-state index in [1.54, 1.807) is 18.2 Å². The molecule has 1 fully saturated rings. The van der Waals surface area contributed by atoms with Crippen LogP contribution in [-0.4, -0.2) is 44.9 Å². The summed E-state index contributed by atoms with van der Waals surface area (Å²) >= 11 is 7.14. The maximum absolute atomic E-state index is 14.2. The molecule has 0 aliphatic carbocycles. The van der Waals surface area contributed by atoms with Crippen molar-refractivity contribution in [1.29, 1.82) is 0 Å². The molecule has 2 heterocycles. The van der Waals surface area contributed by atoms with Gasteiger partial charge in [-0.05, 0) is 36.4 Å². The molecule has 2 aromatic rings. The highest BCUT2D eigenvalue weighted by Gasteiger charge is 2.29. The molecule has 1 amide bonds. The van der Waals surface area contributed by atoms with Crippen molar-refractivity contribution in [2.75, 3.05) is 31.6 Å². The summed E-state index contributed by atoms with van der Waals surface area (Å²) in [4.78, 5) is 12.4. The van der Waals surface area contributed by atoms with Gasteiger partial charge in [-0.3, -0.25) is 4.79 Å². The summed E-state index contributed by atoms with van der Waals surface area (Å²) < 4.78 is 46.4. The third-order valence-electron chi connectivity index (χ3n) is 3.78. The zero-order chi connectivity index (χ0) is 19.4.